The third-order valence-electron chi connectivity index (χ3n) is 1.58. The molecule has 0 unspecified atom stereocenters. The number of anilines is 1. The highest BCUT2D eigenvalue weighted by Crippen LogP contribution is 2.23. The second-order valence-corrected chi connectivity index (χ2v) is 2.64. The molecular formula is C9H11NO3. The van der Waals surface area contributed by atoms with Gasteiger partial charge in [0.25, 0.3) is 0 Å². The Morgan fingerprint density at radius 1 is 1.54 bits per heavy atom. The molecule has 0 heterocycles. The van der Waals surface area contributed by atoms with E-state index in [1.807, 2.05) is 6.92 Å². The Morgan fingerprint density at radius 3 is 2.77 bits per heavy atom. The number of rotatable bonds is 1. The molecule has 0 aliphatic rings. The summed E-state index contributed by atoms with van der Waals surface area (Å²) >= 11 is 0. The molecule has 0 aliphatic carbocycles. The highest BCUT2D eigenvalue weighted by Gasteiger charge is 2.04. The number of carbonyl (C=O) groups is 1. The lowest BCUT2D eigenvalue weighted by Crippen LogP contribution is -2.10. The minimum absolute atomic E-state index is 0.0328. The second-order valence-electron chi connectivity index (χ2n) is 2.64. The fraction of sp³-hybridized carbons (Fsp3) is 0.222. The maximum atomic E-state index is 10.8. The lowest BCUT2D eigenvalue weighted by Gasteiger charge is -2.05. The Hall–Kier alpha value is -1.71. The summed E-state index contributed by atoms with van der Waals surface area (Å²) in [5.41, 5.74) is 1.27. The minimum atomic E-state index is -0.598. The number of phenols is 1. The maximum absolute atomic E-state index is 10.8. The minimum Gasteiger partial charge on any atom is -0.506 e. The zero-order chi connectivity index (χ0) is 9.84. The summed E-state index contributed by atoms with van der Waals surface area (Å²) in [7, 11) is 1.26. The highest BCUT2D eigenvalue weighted by molar-refractivity contribution is 5.86. The number of hydrogen-bond acceptors (Lipinski definition) is 3. The molecular weight excluding hydrogens is 170 g/mol. The Bertz CT molecular complexity index is 323. The molecule has 1 aromatic rings. The van der Waals surface area contributed by atoms with Crippen LogP contribution >= 0.6 is 0 Å². The molecule has 4 heteroatoms. The van der Waals surface area contributed by atoms with Gasteiger partial charge in [-0.2, -0.15) is 0 Å². The van der Waals surface area contributed by atoms with Crippen LogP contribution in [0.2, 0.25) is 0 Å². The van der Waals surface area contributed by atoms with E-state index in [0.29, 0.717) is 5.69 Å². The predicted molar refractivity (Wildman–Crippen MR) is 48.9 cm³/mol. The largest absolute Gasteiger partial charge is 0.506 e. The van der Waals surface area contributed by atoms with Crippen molar-refractivity contribution < 1.29 is 14.6 Å². The Morgan fingerprint density at radius 2 is 2.23 bits per heavy atom. The van der Waals surface area contributed by atoms with Gasteiger partial charge in [0.05, 0.1) is 12.8 Å². The average molecular weight is 181 g/mol. The van der Waals surface area contributed by atoms with Crippen LogP contribution in [0.5, 0.6) is 5.75 Å². The molecule has 4 nitrogen and oxygen atoms in total. The Balaban J connectivity index is 2.83. The van der Waals surface area contributed by atoms with E-state index in [4.69, 9.17) is 0 Å². The molecule has 0 bridgehead atoms. The highest BCUT2D eigenvalue weighted by atomic mass is 16.5. The molecule has 1 aromatic carbocycles. The molecule has 1 amide bonds. The number of phenolic OH excluding ortho intramolecular Hbond substituents is 1. The van der Waals surface area contributed by atoms with Crippen LogP contribution in [-0.2, 0) is 4.74 Å². The first-order valence-electron chi connectivity index (χ1n) is 3.78. The number of hydrogen-bond donors (Lipinski definition) is 2. The van der Waals surface area contributed by atoms with Gasteiger partial charge in [-0.05, 0) is 24.6 Å². The molecule has 0 saturated heterocycles. The van der Waals surface area contributed by atoms with Gasteiger partial charge in [0.15, 0.2) is 0 Å². The lowest BCUT2D eigenvalue weighted by molar-refractivity contribution is 0.187. The number of aromatic hydroxyl groups is 1. The summed E-state index contributed by atoms with van der Waals surface area (Å²) in [6.45, 7) is 1.85. The van der Waals surface area contributed by atoms with Crippen LogP contribution in [-0.4, -0.2) is 18.3 Å². The first-order valence-corrected chi connectivity index (χ1v) is 3.78. The fourth-order valence-corrected chi connectivity index (χ4v) is 0.908. The Labute approximate surface area is 76.1 Å². The number of methoxy groups -OCH3 is 1. The molecule has 0 spiro atoms. The average Bonchev–Trinajstić information content (AvgIpc) is 2.09. The summed E-state index contributed by atoms with van der Waals surface area (Å²) in [6, 6.07) is 4.96. The van der Waals surface area contributed by atoms with Gasteiger partial charge in [0, 0.05) is 0 Å². The molecule has 0 saturated carbocycles. The third-order valence-corrected chi connectivity index (χ3v) is 1.58. The van der Waals surface area contributed by atoms with Crippen LogP contribution in [0.1, 0.15) is 5.56 Å². The van der Waals surface area contributed by atoms with E-state index in [9.17, 15) is 9.90 Å². The number of ether oxygens (including phenoxy) is 1. The number of nitrogens with one attached hydrogen (secondary N) is 1. The molecule has 0 radical (unpaired) electrons. The van der Waals surface area contributed by atoms with Crippen LogP contribution in [0, 0.1) is 6.92 Å². The van der Waals surface area contributed by atoms with Crippen molar-refractivity contribution in [1.82, 2.24) is 0 Å². The van der Waals surface area contributed by atoms with Crippen molar-refractivity contribution in [3.8, 4) is 5.75 Å². The summed E-state index contributed by atoms with van der Waals surface area (Å²) in [5, 5.41) is 11.7. The molecule has 70 valence electrons. The second kappa shape index (κ2) is 3.80. The van der Waals surface area contributed by atoms with Crippen molar-refractivity contribution in [3.05, 3.63) is 23.8 Å². The van der Waals surface area contributed by atoms with Gasteiger partial charge in [0.2, 0.25) is 0 Å². The van der Waals surface area contributed by atoms with Crippen LogP contribution in [0.25, 0.3) is 0 Å². The first kappa shape index (κ1) is 9.38. The maximum Gasteiger partial charge on any atom is 0.411 e. The molecule has 0 atom stereocenters. The monoisotopic (exact) mass is 181 g/mol. The Kier molecular flexibility index (Phi) is 2.74. The molecule has 0 fully saturated rings. The molecule has 0 aliphatic heterocycles. The summed E-state index contributed by atoms with van der Waals surface area (Å²) in [5.74, 6) is 0.0328. The molecule has 0 aromatic heterocycles. The zero-order valence-electron chi connectivity index (χ0n) is 7.50. The van der Waals surface area contributed by atoms with E-state index in [1.165, 1.54) is 7.11 Å². The van der Waals surface area contributed by atoms with Gasteiger partial charge in [0.1, 0.15) is 5.75 Å². The van der Waals surface area contributed by atoms with Crippen molar-refractivity contribution in [2.45, 2.75) is 6.92 Å². The van der Waals surface area contributed by atoms with Gasteiger partial charge in [-0.3, -0.25) is 5.32 Å². The van der Waals surface area contributed by atoms with E-state index in [2.05, 4.69) is 10.1 Å². The summed E-state index contributed by atoms with van der Waals surface area (Å²) < 4.78 is 4.38. The van der Waals surface area contributed by atoms with Gasteiger partial charge in [-0.25, -0.2) is 4.79 Å². The van der Waals surface area contributed by atoms with Crippen molar-refractivity contribution in [2.75, 3.05) is 12.4 Å². The number of amides is 1. The lowest BCUT2D eigenvalue weighted by atomic mass is 10.2. The molecule has 1 rings (SSSR count). The number of benzene rings is 1. The van der Waals surface area contributed by atoms with Crippen LogP contribution in [0.15, 0.2) is 18.2 Å². The molecule has 2 N–H and O–H groups in total. The standard InChI is InChI=1S/C9H11NO3/c1-6-3-4-7(8(11)5-6)10-9(12)13-2/h3-5,11H,1-2H3,(H,10,12). The molecule has 13 heavy (non-hydrogen) atoms. The number of carbonyl (C=O) groups excluding carboxylic acids is 1. The van der Waals surface area contributed by atoms with Crippen molar-refractivity contribution >= 4 is 11.8 Å². The quantitative estimate of drug-likeness (QED) is 0.650. The zero-order valence-corrected chi connectivity index (χ0v) is 7.50. The van der Waals surface area contributed by atoms with Gasteiger partial charge < -0.3 is 9.84 Å². The van der Waals surface area contributed by atoms with Gasteiger partial charge in [-0.15, -0.1) is 0 Å². The summed E-state index contributed by atoms with van der Waals surface area (Å²) in [6.07, 6.45) is -0.598. The van der Waals surface area contributed by atoms with Crippen molar-refractivity contribution in [3.63, 3.8) is 0 Å². The normalized spacial score (nSPS) is 9.38. The van der Waals surface area contributed by atoms with E-state index in [0.717, 1.165) is 5.56 Å². The van der Waals surface area contributed by atoms with E-state index in [-0.39, 0.29) is 5.75 Å². The van der Waals surface area contributed by atoms with Crippen molar-refractivity contribution in [2.24, 2.45) is 0 Å². The van der Waals surface area contributed by atoms with Crippen LogP contribution < -0.4 is 5.32 Å². The first-order chi connectivity index (χ1) is 6.13. The van der Waals surface area contributed by atoms with Crippen LogP contribution in [0.4, 0.5) is 10.5 Å². The predicted octanol–water partition coefficient (Wildman–Crippen LogP) is 1.88. The van der Waals surface area contributed by atoms with Crippen LogP contribution in [0.3, 0.4) is 0 Å². The topological polar surface area (TPSA) is 58.6 Å². The van der Waals surface area contributed by atoms with Gasteiger partial charge in [-0.1, -0.05) is 6.07 Å². The van der Waals surface area contributed by atoms with E-state index >= 15 is 0 Å². The third kappa shape index (κ3) is 2.37. The van der Waals surface area contributed by atoms with E-state index < -0.39 is 6.09 Å². The summed E-state index contributed by atoms with van der Waals surface area (Å²) in [4.78, 5) is 10.8. The van der Waals surface area contributed by atoms with E-state index in [1.54, 1.807) is 18.2 Å². The van der Waals surface area contributed by atoms with Crippen molar-refractivity contribution in [1.29, 1.82) is 0 Å². The fourth-order valence-electron chi connectivity index (χ4n) is 0.908. The number of aryl methyl sites for hydroxylation is 1. The smallest absolute Gasteiger partial charge is 0.411 e. The van der Waals surface area contributed by atoms with Gasteiger partial charge >= 0.3 is 6.09 Å². The SMILES string of the molecule is COC(=O)Nc1ccc(C)cc1O.